The average Bonchev–Trinajstić information content (AvgIpc) is 1.52. The van der Waals surface area contributed by atoms with Crippen molar-refractivity contribution in [3.05, 3.63) is 106 Å². The van der Waals surface area contributed by atoms with Crippen LogP contribution in [0.1, 0.15) is 189 Å². The lowest BCUT2D eigenvalue weighted by Gasteiger charge is -2.41. The predicted molar refractivity (Wildman–Crippen MR) is 363 cm³/mol. The third-order valence-electron chi connectivity index (χ3n) is 24.8. The van der Waals surface area contributed by atoms with Crippen molar-refractivity contribution >= 4 is 65.7 Å². The van der Waals surface area contributed by atoms with Crippen LogP contribution < -0.4 is 18.9 Å². The summed E-state index contributed by atoms with van der Waals surface area (Å²) in [6, 6.07) is 25.1. The Morgan fingerprint density at radius 3 is 1.31 bits per heavy atom. The van der Waals surface area contributed by atoms with Crippen molar-refractivity contribution in [1.29, 1.82) is 0 Å². The molecule has 0 spiro atoms. The van der Waals surface area contributed by atoms with Gasteiger partial charge in [-0.15, -0.1) is 0 Å². The second kappa shape index (κ2) is 22.9. The molecule has 9 heterocycles. The van der Waals surface area contributed by atoms with Gasteiger partial charge in [-0.3, -0.25) is 19.2 Å². The zero-order valence-corrected chi connectivity index (χ0v) is 56.9. The van der Waals surface area contributed by atoms with Crippen molar-refractivity contribution in [3.8, 4) is 34.0 Å². The molecule has 4 amide bonds. The minimum Gasteiger partial charge on any atom is -0.497 e. The molecule has 2 aromatic heterocycles. The molecule has 12 aliphatic rings. The second-order valence-corrected chi connectivity index (χ2v) is 34.2. The van der Waals surface area contributed by atoms with Crippen molar-refractivity contribution in [3.63, 3.8) is 0 Å². The number of ether oxygens (including phenoxy) is 2. The van der Waals surface area contributed by atoms with Gasteiger partial charge in [0, 0.05) is 132 Å². The van der Waals surface area contributed by atoms with E-state index in [0.717, 1.165) is 153 Å². The van der Waals surface area contributed by atoms with Crippen LogP contribution in [-0.4, -0.2) is 171 Å². The summed E-state index contributed by atoms with van der Waals surface area (Å²) < 4.78 is 73.3. The van der Waals surface area contributed by atoms with Gasteiger partial charge >= 0.3 is 10.2 Å². The van der Waals surface area contributed by atoms with Gasteiger partial charge in [-0.2, -0.15) is 12.7 Å². The van der Waals surface area contributed by atoms with E-state index in [1.807, 2.05) is 36.4 Å². The van der Waals surface area contributed by atoms with E-state index >= 15 is 4.79 Å². The maximum Gasteiger partial charge on any atom is 0.304 e. The van der Waals surface area contributed by atoms with Crippen LogP contribution in [0.5, 0.6) is 11.5 Å². The quantitative estimate of drug-likeness (QED) is 0.117. The van der Waals surface area contributed by atoms with Crippen molar-refractivity contribution in [2.24, 2.45) is 10.8 Å². The summed E-state index contributed by atoms with van der Waals surface area (Å²) in [5.41, 5.74) is 10.9. The van der Waals surface area contributed by atoms with Gasteiger partial charge in [0.25, 0.3) is 11.8 Å². The van der Waals surface area contributed by atoms with E-state index in [-0.39, 0.29) is 47.8 Å². The van der Waals surface area contributed by atoms with Crippen LogP contribution in [0.25, 0.3) is 44.3 Å². The molecule has 8 atom stereocenters. The van der Waals surface area contributed by atoms with Crippen LogP contribution >= 0.6 is 0 Å². The molecule has 0 radical (unpaired) electrons. The zero-order valence-electron chi connectivity index (χ0n) is 55.2. The highest BCUT2D eigenvalue weighted by Gasteiger charge is 2.67. The van der Waals surface area contributed by atoms with Crippen molar-refractivity contribution in [2.75, 3.05) is 67.6 Å². The molecule has 19 nitrogen and oxygen atoms in total. The minimum atomic E-state index is -3.89. The van der Waals surface area contributed by atoms with Gasteiger partial charge in [-0.05, 0) is 192 Å². The molecule has 5 aliphatic carbocycles. The first-order valence-electron chi connectivity index (χ1n) is 35.5. The van der Waals surface area contributed by atoms with E-state index in [1.54, 1.807) is 26.4 Å². The molecule has 7 aliphatic heterocycles. The number of likely N-dealkylation sites (N-methyl/N-ethyl adjacent to an activating group) is 2. The number of carbonyl (C=O) groups excluding carboxylic acids is 4. The Balaban J connectivity index is 0.000000144. The fraction of sp³-hybridized carbons (Fsp3) is 0.568. The van der Waals surface area contributed by atoms with Crippen LogP contribution in [0.4, 0.5) is 0 Å². The van der Waals surface area contributed by atoms with E-state index in [4.69, 9.17) is 9.47 Å². The van der Waals surface area contributed by atoms with Gasteiger partial charge < -0.3 is 38.2 Å². The Morgan fingerprint density at radius 2 is 0.916 bits per heavy atom. The maximum absolute atomic E-state index is 15.0. The van der Waals surface area contributed by atoms with Crippen molar-refractivity contribution < 1.29 is 45.5 Å². The summed E-state index contributed by atoms with van der Waals surface area (Å²) in [4.78, 5) is 66.2. The number of fused-ring (bicyclic) bond motifs is 18. The number of nitrogens with zero attached hydrogens (tertiary/aromatic N) is 7. The standard InChI is InChI=1S/C37H45N5O5S.C37H44N4O5S/c1-39-20-25-10-11-26(21-39)42(25)36(44)37-19-31(37)30-18-27(47-2)12-14-28(30)34-33(23-7-4-3-5-8-23)29-13-9-24(17-32(29)41(34)22-37)35(43)38-48(45,46)40-15-6-16-40;1-39-19-24-9-10-25(20-39)41(24)36(43)37-18-31(37)30-17-26(46-2)11-15-28(30)34-33(22-6-4-3-5-7-22)29-14-8-23(16-32(29)40(34)21-37)35(42)38-47(44,45)27-12-13-27/h9,12-14,17-18,23,25-26,31H,3-8,10-11,15-16,19-22H2,1-2H3,(H,38,43);8,11,14-17,22,24-25,27,31H,3-7,9-10,12-13,18-21H2,1-2H3,(H,38,42). The Kier molecular flexibility index (Phi) is 14.9. The smallest absolute Gasteiger partial charge is 0.304 e. The molecular weight excluding hydrogens is 1240 g/mol. The molecule has 2 N–H and O–H groups in total. The number of nitrogens with one attached hydrogen (secondary N) is 2. The number of benzene rings is 4. The number of hydrogen-bond acceptors (Lipinski definition) is 12. The van der Waals surface area contributed by atoms with Gasteiger partial charge in [0.2, 0.25) is 21.8 Å². The van der Waals surface area contributed by atoms with Crippen LogP contribution in [0.2, 0.25) is 0 Å². The summed E-state index contributed by atoms with van der Waals surface area (Å²) >= 11 is 0. The van der Waals surface area contributed by atoms with Crippen LogP contribution in [-0.2, 0) is 42.9 Å². The highest BCUT2D eigenvalue weighted by atomic mass is 32.2. The molecule has 5 saturated carbocycles. The van der Waals surface area contributed by atoms with Crippen molar-refractivity contribution in [1.82, 2.24) is 42.5 Å². The Hall–Kier alpha value is -6.78. The first kappa shape index (κ1) is 61.8. The Morgan fingerprint density at radius 1 is 0.495 bits per heavy atom. The van der Waals surface area contributed by atoms with Crippen LogP contribution in [0.3, 0.4) is 0 Å². The van der Waals surface area contributed by atoms with E-state index in [0.29, 0.717) is 62.0 Å². The fourth-order valence-electron chi connectivity index (χ4n) is 19.7. The lowest BCUT2D eigenvalue weighted by Crippen LogP contribution is -2.57. The molecule has 18 rings (SSSR count). The zero-order chi connectivity index (χ0) is 65.2. The number of sulfonamides is 1. The molecule has 21 heteroatoms. The first-order chi connectivity index (χ1) is 45.9. The molecule has 502 valence electrons. The number of piperazine rings is 2. The van der Waals surface area contributed by atoms with E-state index in [1.165, 1.54) is 65.1 Å². The van der Waals surface area contributed by atoms with Crippen LogP contribution in [0.15, 0.2) is 72.8 Å². The summed E-state index contributed by atoms with van der Waals surface area (Å²) in [6.07, 6.45) is 19.4. The molecule has 5 saturated heterocycles. The van der Waals surface area contributed by atoms with E-state index < -0.39 is 48.1 Å². The molecule has 95 heavy (non-hydrogen) atoms. The fourth-order valence-corrected chi connectivity index (χ4v) is 22.2. The third kappa shape index (κ3) is 10.1. The van der Waals surface area contributed by atoms with E-state index in [2.05, 4.69) is 76.5 Å². The number of rotatable bonds is 12. The molecule has 6 aromatic rings. The lowest BCUT2D eigenvalue weighted by atomic mass is 9.81. The maximum atomic E-state index is 15.0. The number of carbonyl (C=O) groups is 4. The first-order valence-corrected chi connectivity index (χ1v) is 38.4. The van der Waals surface area contributed by atoms with E-state index in [9.17, 15) is 31.2 Å². The normalized spacial score (nSPS) is 28.7. The van der Waals surface area contributed by atoms with Gasteiger partial charge in [-0.1, -0.05) is 50.7 Å². The molecule has 10 fully saturated rings. The molecular formula is C74H89N9O10S2. The monoisotopic (exact) mass is 1330 g/mol. The SMILES string of the molecule is COc1ccc2c(c1)C1CC1(C(=O)N1C3CCC1CN(C)C3)Cn1c-2c(C2CCCCC2)c2ccc(C(=O)NS(=O)(=O)C3CC3)cc21.COc1ccc2c(c1)C1CC1(C(=O)N1C3CCC1CN(C)C3)Cn1c-2c(C2CCCCC2)c2ccc(C(=O)NS(=O)(=O)N3CCC3)cc21. The van der Waals surface area contributed by atoms with Crippen molar-refractivity contribution in [2.45, 2.75) is 188 Å². The van der Waals surface area contributed by atoms with Gasteiger partial charge in [0.05, 0.1) is 41.7 Å². The highest BCUT2D eigenvalue weighted by molar-refractivity contribution is 7.91. The largest absolute Gasteiger partial charge is 0.497 e. The number of hydrogen-bond donors (Lipinski definition) is 2. The lowest BCUT2D eigenvalue weighted by molar-refractivity contribution is -0.144. The predicted octanol–water partition coefficient (Wildman–Crippen LogP) is 10.2. The molecule has 4 aromatic carbocycles. The van der Waals surface area contributed by atoms with Gasteiger partial charge in [0.1, 0.15) is 11.5 Å². The van der Waals surface area contributed by atoms with Crippen LogP contribution in [0, 0.1) is 10.8 Å². The summed E-state index contributed by atoms with van der Waals surface area (Å²) in [6.45, 7) is 5.59. The Bertz CT molecular complexity index is 4400. The minimum absolute atomic E-state index is 0.0801. The third-order valence-corrected chi connectivity index (χ3v) is 28.1. The summed E-state index contributed by atoms with van der Waals surface area (Å²) in [5.74, 6) is 1.85. The number of amides is 4. The summed E-state index contributed by atoms with van der Waals surface area (Å²) in [7, 11) is 0.147. The van der Waals surface area contributed by atoms with Gasteiger partial charge in [-0.25, -0.2) is 17.9 Å². The average molecular weight is 1330 g/mol. The van der Waals surface area contributed by atoms with Gasteiger partial charge in [0.15, 0.2) is 0 Å². The molecule has 4 bridgehead atoms. The topological polar surface area (TPSA) is 205 Å². The number of aromatic nitrogens is 2. The summed E-state index contributed by atoms with van der Waals surface area (Å²) in [5, 5.41) is 1.73. The Labute approximate surface area is 557 Å². The second-order valence-electron chi connectivity index (χ2n) is 30.6. The molecule has 8 unspecified atom stereocenters. The number of methoxy groups -OCH3 is 2. The number of likely N-dealkylation sites (tertiary alicyclic amines) is 2. The highest BCUT2D eigenvalue weighted by Crippen LogP contribution is 2.69.